The maximum atomic E-state index is 13.6. The Balaban J connectivity index is 1.89. The van der Waals surface area contributed by atoms with Crippen LogP contribution in [0.25, 0.3) is 10.9 Å². The van der Waals surface area contributed by atoms with Gasteiger partial charge in [0.25, 0.3) is 0 Å². The van der Waals surface area contributed by atoms with Gasteiger partial charge in [0.15, 0.2) is 11.6 Å². The number of benzene rings is 2. The maximum Gasteiger partial charge on any atom is 0.162 e. The molecule has 0 aliphatic heterocycles. The fraction of sp³-hybridized carbons (Fsp3) is 0.0625. The van der Waals surface area contributed by atoms with Gasteiger partial charge in [0, 0.05) is 27.8 Å². The molecular weight excluding hydrogens is 276 g/mol. The monoisotopic (exact) mass is 287 g/mol. The van der Waals surface area contributed by atoms with E-state index in [1.807, 2.05) is 30.3 Å². The van der Waals surface area contributed by atoms with Gasteiger partial charge in [-0.1, -0.05) is 30.3 Å². The highest BCUT2D eigenvalue weighted by Crippen LogP contribution is 2.30. The number of hydrogen-bond acceptors (Lipinski definition) is 2. The molecule has 0 radical (unpaired) electrons. The first kappa shape index (κ1) is 13.1. The smallest absolute Gasteiger partial charge is 0.162 e. The lowest BCUT2D eigenvalue weighted by molar-refractivity contribution is 0.502. The van der Waals surface area contributed by atoms with Crippen LogP contribution in [0.4, 0.5) is 8.78 Å². The second-order valence-corrected chi connectivity index (χ2v) is 5.35. The van der Waals surface area contributed by atoms with Gasteiger partial charge in [-0.3, -0.25) is 4.98 Å². The van der Waals surface area contributed by atoms with Crippen LogP contribution in [-0.2, 0) is 5.75 Å². The summed E-state index contributed by atoms with van der Waals surface area (Å²) < 4.78 is 26.8. The first-order chi connectivity index (χ1) is 9.75. The van der Waals surface area contributed by atoms with Crippen molar-refractivity contribution in [2.75, 3.05) is 0 Å². The van der Waals surface area contributed by atoms with Crippen LogP contribution in [0.3, 0.4) is 0 Å². The molecule has 100 valence electrons. The molecule has 4 heteroatoms. The minimum Gasteiger partial charge on any atom is -0.256 e. The minimum atomic E-state index is -0.803. The van der Waals surface area contributed by atoms with E-state index in [0.29, 0.717) is 11.3 Å². The molecule has 1 aromatic heterocycles. The van der Waals surface area contributed by atoms with Crippen molar-refractivity contribution in [2.24, 2.45) is 0 Å². The van der Waals surface area contributed by atoms with Crippen LogP contribution in [0.15, 0.2) is 59.6 Å². The number of hydrogen-bond donors (Lipinski definition) is 0. The van der Waals surface area contributed by atoms with Gasteiger partial charge in [-0.15, -0.1) is 11.8 Å². The Morgan fingerprint density at radius 2 is 1.80 bits per heavy atom. The Morgan fingerprint density at radius 1 is 0.950 bits per heavy atom. The molecule has 0 aliphatic rings. The van der Waals surface area contributed by atoms with Gasteiger partial charge in [-0.2, -0.15) is 0 Å². The van der Waals surface area contributed by atoms with Gasteiger partial charge in [0.1, 0.15) is 0 Å². The highest BCUT2D eigenvalue weighted by atomic mass is 32.2. The fourth-order valence-electron chi connectivity index (χ4n) is 2.01. The largest absolute Gasteiger partial charge is 0.256 e. The summed E-state index contributed by atoms with van der Waals surface area (Å²) >= 11 is 1.48. The summed E-state index contributed by atoms with van der Waals surface area (Å²) in [6, 6.07) is 13.9. The third kappa shape index (κ3) is 2.51. The van der Waals surface area contributed by atoms with Crippen LogP contribution in [-0.4, -0.2) is 4.98 Å². The predicted molar refractivity (Wildman–Crippen MR) is 77.7 cm³/mol. The van der Waals surface area contributed by atoms with Gasteiger partial charge in [-0.25, -0.2) is 8.78 Å². The molecular formula is C16H11F2NS. The van der Waals surface area contributed by atoms with Gasteiger partial charge in [0.2, 0.25) is 0 Å². The van der Waals surface area contributed by atoms with Crippen molar-refractivity contribution in [3.05, 3.63) is 71.9 Å². The first-order valence-electron chi connectivity index (χ1n) is 6.15. The number of nitrogens with zero attached hydrogens (tertiary/aromatic N) is 1. The van der Waals surface area contributed by atoms with Gasteiger partial charge in [-0.05, 0) is 18.2 Å². The second-order valence-electron chi connectivity index (χ2n) is 4.33. The van der Waals surface area contributed by atoms with E-state index in [1.54, 1.807) is 12.3 Å². The Hall–Kier alpha value is -1.94. The molecule has 3 aromatic rings. The van der Waals surface area contributed by atoms with Crippen molar-refractivity contribution in [3.8, 4) is 0 Å². The summed E-state index contributed by atoms with van der Waals surface area (Å²) in [5.41, 5.74) is 1.27. The highest BCUT2D eigenvalue weighted by Gasteiger charge is 2.09. The van der Waals surface area contributed by atoms with Crippen LogP contribution in [0.5, 0.6) is 0 Å². The molecule has 2 aromatic carbocycles. The van der Waals surface area contributed by atoms with Crippen molar-refractivity contribution in [1.29, 1.82) is 0 Å². The zero-order chi connectivity index (χ0) is 13.9. The van der Waals surface area contributed by atoms with Crippen molar-refractivity contribution in [3.63, 3.8) is 0 Å². The molecule has 0 aliphatic carbocycles. The molecule has 0 amide bonds. The molecule has 0 unspecified atom stereocenters. The van der Waals surface area contributed by atoms with Gasteiger partial charge < -0.3 is 0 Å². The first-order valence-corrected chi connectivity index (χ1v) is 7.14. The molecule has 20 heavy (non-hydrogen) atoms. The molecule has 0 spiro atoms. The summed E-state index contributed by atoms with van der Waals surface area (Å²) in [6.07, 6.45) is 1.73. The number of fused-ring (bicyclic) bond motifs is 1. The zero-order valence-electron chi connectivity index (χ0n) is 10.5. The summed E-state index contributed by atoms with van der Waals surface area (Å²) in [5, 5.41) is 1.02. The van der Waals surface area contributed by atoms with Crippen LogP contribution in [0, 0.1) is 11.6 Å². The number of rotatable bonds is 3. The average Bonchev–Trinajstić information content (AvgIpc) is 2.49. The van der Waals surface area contributed by atoms with Crippen LogP contribution in [0.1, 0.15) is 5.56 Å². The number of pyridine rings is 1. The highest BCUT2D eigenvalue weighted by molar-refractivity contribution is 7.98. The normalized spacial score (nSPS) is 10.9. The molecule has 0 fully saturated rings. The van der Waals surface area contributed by atoms with E-state index >= 15 is 0 Å². The van der Waals surface area contributed by atoms with Crippen LogP contribution >= 0.6 is 11.8 Å². The fourth-order valence-corrected chi connectivity index (χ4v) is 3.03. The second kappa shape index (κ2) is 5.59. The van der Waals surface area contributed by atoms with E-state index < -0.39 is 11.6 Å². The molecule has 3 rings (SSSR count). The maximum absolute atomic E-state index is 13.6. The number of thioether (sulfide) groups is 1. The van der Waals surface area contributed by atoms with E-state index in [1.165, 1.54) is 17.8 Å². The Morgan fingerprint density at radius 3 is 2.70 bits per heavy atom. The number of aromatic nitrogens is 1. The van der Waals surface area contributed by atoms with E-state index in [2.05, 4.69) is 4.98 Å². The Kier molecular flexibility index (Phi) is 3.65. The zero-order valence-corrected chi connectivity index (χ0v) is 11.3. The molecule has 0 N–H and O–H groups in total. The third-order valence-corrected chi connectivity index (χ3v) is 4.15. The van der Waals surface area contributed by atoms with Gasteiger partial charge >= 0.3 is 0 Å². The molecule has 0 bridgehead atoms. The lowest BCUT2D eigenvalue weighted by Gasteiger charge is -2.06. The lowest BCUT2D eigenvalue weighted by atomic mass is 10.2. The summed E-state index contributed by atoms with van der Waals surface area (Å²) in [6.45, 7) is 0. The molecule has 0 saturated carbocycles. The van der Waals surface area contributed by atoms with Gasteiger partial charge in [0.05, 0.1) is 5.52 Å². The Labute approximate surface area is 119 Å². The standard InChI is InChI=1S/C16H11F2NS/c17-13-6-3-4-11(16(13)18)10-20-15-8-9-19-14-7-2-1-5-12(14)15/h1-9H,10H2. The van der Waals surface area contributed by atoms with Crippen molar-refractivity contribution >= 4 is 22.7 Å². The molecule has 0 atom stereocenters. The molecule has 1 heterocycles. The van der Waals surface area contributed by atoms with Crippen LogP contribution in [0.2, 0.25) is 0 Å². The van der Waals surface area contributed by atoms with E-state index in [9.17, 15) is 8.78 Å². The number of halogens is 2. The number of para-hydroxylation sites is 1. The summed E-state index contributed by atoms with van der Waals surface area (Å²) in [4.78, 5) is 5.29. The predicted octanol–water partition coefficient (Wildman–Crippen LogP) is 4.81. The summed E-state index contributed by atoms with van der Waals surface area (Å²) in [7, 11) is 0. The molecule has 1 nitrogen and oxygen atoms in total. The SMILES string of the molecule is Fc1cccc(CSc2ccnc3ccccc23)c1F. The van der Waals surface area contributed by atoms with Crippen LogP contribution < -0.4 is 0 Å². The van der Waals surface area contributed by atoms with Crippen molar-refractivity contribution in [2.45, 2.75) is 10.6 Å². The lowest BCUT2D eigenvalue weighted by Crippen LogP contribution is -1.92. The van der Waals surface area contributed by atoms with Crippen molar-refractivity contribution < 1.29 is 8.78 Å². The average molecular weight is 287 g/mol. The minimum absolute atomic E-state index is 0.371. The van der Waals surface area contributed by atoms with E-state index in [0.717, 1.165) is 21.9 Å². The van der Waals surface area contributed by atoms with E-state index in [-0.39, 0.29) is 0 Å². The van der Waals surface area contributed by atoms with E-state index in [4.69, 9.17) is 0 Å². The quantitative estimate of drug-likeness (QED) is 0.641. The summed E-state index contributed by atoms with van der Waals surface area (Å²) in [5.74, 6) is -1.18. The van der Waals surface area contributed by atoms with Crippen molar-refractivity contribution in [1.82, 2.24) is 4.98 Å². The third-order valence-electron chi connectivity index (χ3n) is 3.02. The topological polar surface area (TPSA) is 12.9 Å². The molecule has 0 saturated heterocycles. The Bertz CT molecular complexity index is 753.